The molecular weight excluding hydrogens is 529 g/mol. The van der Waals surface area contributed by atoms with Crippen LogP contribution in [-0.4, -0.2) is 81.0 Å². The predicted molar refractivity (Wildman–Crippen MR) is 149 cm³/mol. The van der Waals surface area contributed by atoms with Gasteiger partial charge in [-0.2, -0.15) is 4.31 Å². The standard InChI is InChI=1S/C26H34N4O4S3/c1-2-20-8-9-22-23(18-20)36-26(27-22)30(12-5-10-28-13-15-34-16-14-28)25(31)21-6-3-11-29(19-21)37(32,33)24-7-4-17-35-24/h4,7-9,17-18,21H,2-3,5-6,10-16,19H2,1H3. The molecule has 2 saturated heterocycles. The Kier molecular flexibility index (Phi) is 8.57. The van der Waals surface area contributed by atoms with Crippen LogP contribution in [0.3, 0.4) is 0 Å². The van der Waals surface area contributed by atoms with E-state index in [-0.39, 0.29) is 18.4 Å². The van der Waals surface area contributed by atoms with Crippen molar-refractivity contribution in [2.45, 2.75) is 36.8 Å². The molecule has 0 bridgehead atoms. The van der Waals surface area contributed by atoms with E-state index in [1.807, 2.05) is 11.0 Å². The minimum Gasteiger partial charge on any atom is -0.379 e. The van der Waals surface area contributed by atoms with E-state index in [4.69, 9.17) is 9.72 Å². The lowest BCUT2D eigenvalue weighted by atomic mass is 9.98. The van der Waals surface area contributed by atoms with Gasteiger partial charge in [-0.1, -0.05) is 30.4 Å². The van der Waals surface area contributed by atoms with E-state index in [2.05, 4.69) is 24.0 Å². The first-order valence-electron chi connectivity index (χ1n) is 13.0. The van der Waals surface area contributed by atoms with Crippen LogP contribution in [0.15, 0.2) is 39.9 Å². The van der Waals surface area contributed by atoms with Gasteiger partial charge in [0.25, 0.3) is 10.0 Å². The summed E-state index contributed by atoms with van der Waals surface area (Å²) in [4.78, 5) is 23.0. The molecular formula is C26H34N4O4S3. The zero-order valence-corrected chi connectivity index (χ0v) is 23.6. The first-order valence-corrected chi connectivity index (χ1v) is 16.1. The molecule has 0 spiro atoms. The molecule has 2 aliphatic heterocycles. The number of hydrogen-bond donors (Lipinski definition) is 0. The SMILES string of the molecule is CCc1ccc2nc(N(CCCN3CCOCC3)C(=O)C3CCCN(S(=O)(=O)c4cccs4)C3)sc2c1. The maximum absolute atomic E-state index is 14.0. The zero-order chi connectivity index (χ0) is 25.8. The molecule has 2 aromatic heterocycles. The summed E-state index contributed by atoms with van der Waals surface area (Å²) in [5.41, 5.74) is 2.14. The molecule has 3 aromatic rings. The molecule has 11 heteroatoms. The zero-order valence-electron chi connectivity index (χ0n) is 21.2. The van der Waals surface area contributed by atoms with E-state index in [1.165, 1.54) is 21.2 Å². The number of sulfonamides is 1. The number of carbonyl (C=O) groups is 1. The Bertz CT molecular complexity index is 1300. The van der Waals surface area contributed by atoms with E-state index < -0.39 is 10.0 Å². The highest BCUT2D eigenvalue weighted by atomic mass is 32.2. The van der Waals surface area contributed by atoms with Crippen molar-refractivity contribution in [2.24, 2.45) is 5.92 Å². The van der Waals surface area contributed by atoms with Crippen LogP contribution in [0.5, 0.6) is 0 Å². The van der Waals surface area contributed by atoms with Crippen molar-refractivity contribution in [1.82, 2.24) is 14.2 Å². The number of piperidine rings is 1. The van der Waals surface area contributed by atoms with Crippen LogP contribution >= 0.6 is 22.7 Å². The third kappa shape index (κ3) is 6.07. The minimum atomic E-state index is -3.59. The Morgan fingerprint density at radius 1 is 1.22 bits per heavy atom. The van der Waals surface area contributed by atoms with Crippen LogP contribution in [0.4, 0.5) is 5.13 Å². The van der Waals surface area contributed by atoms with Crippen molar-refractivity contribution in [3.05, 3.63) is 41.3 Å². The normalized spacial score (nSPS) is 19.9. The number of benzene rings is 1. The second kappa shape index (κ2) is 11.9. The third-order valence-electron chi connectivity index (χ3n) is 7.13. The van der Waals surface area contributed by atoms with Crippen molar-refractivity contribution in [1.29, 1.82) is 0 Å². The molecule has 0 N–H and O–H groups in total. The molecule has 0 radical (unpaired) electrons. The second-order valence-electron chi connectivity index (χ2n) is 9.58. The van der Waals surface area contributed by atoms with E-state index in [0.717, 1.165) is 55.9 Å². The van der Waals surface area contributed by atoms with Gasteiger partial charge in [-0.15, -0.1) is 11.3 Å². The van der Waals surface area contributed by atoms with Gasteiger partial charge in [-0.25, -0.2) is 13.4 Å². The highest BCUT2D eigenvalue weighted by Gasteiger charge is 2.36. The number of rotatable bonds is 9. The highest BCUT2D eigenvalue weighted by molar-refractivity contribution is 7.91. The van der Waals surface area contributed by atoms with Gasteiger partial charge in [-0.3, -0.25) is 14.6 Å². The van der Waals surface area contributed by atoms with Gasteiger partial charge in [0.2, 0.25) is 5.91 Å². The quantitative estimate of drug-likeness (QED) is 0.391. The molecule has 0 aliphatic carbocycles. The smallest absolute Gasteiger partial charge is 0.252 e. The first-order chi connectivity index (χ1) is 18.0. The molecule has 1 unspecified atom stereocenters. The Labute approximate surface area is 226 Å². The van der Waals surface area contributed by atoms with Gasteiger partial charge in [0, 0.05) is 39.3 Å². The average Bonchev–Trinajstić information content (AvgIpc) is 3.62. The van der Waals surface area contributed by atoms with Crippen molar-refractivity contribution >= 4 is 54.0 Å². The van der Waals surface area contributed by atoms with E-state index >= 15 is 0 Å². The lowest BCUT2D eigenvalue weighted by Gasteiger charge is -2.34. The van der Waals surface area contributed by atoms with Gasteiger partial charge in [0.15, 0.2) is 5.13 Å². The molecule has 1 atom stereocenters. The number of hydrogen-bond acceptors (Lipinski definition) is 8. The van der Waals surface area contributed by atoms with Crippen LogP contribution < -0.4 is 4.90 Å². The summed E-state index contributed by atoms with van der Waals surface area (Å²) in [5, 5.41) is 2.47. The lowest BCUT2D eigenvalue weighted by molar-refractivity contribution is -0.123. The fourth-order valence-electron chi connectivity index (χ4n) is 4.99. The second-order valence-corrected chi connectivity index (χ2v) is 13.7. The number of amides is 1. The topological polar surface area (TPSA) is 83.1 Å². The Balaban J connectivity index is 1.36. The molecule has 1 amide bonds. The minimum absolute atomic E-state index is 0.0252. The maximum atomic E-state index is 14.0. The number of morpholine rings is 1. The van der Waals surface area contributed by atoms with E-state index in [1.54, 1.807) is 28.8 Å². The van der Waals surface area contributed by atoms with Crippen LogP contribution in [0, 0.1) is 5.92 Å². The lowest BCUT2D eigenvalue weighted by Crippen LogP contribution is -2.47. The van der Waals surface area contributed by atoms with Crippen LogP contribution in [-0.2, 0) is 26.0 Å². The van der Waals surface area contributed by atoms with Gasteiger partial charge in [0.05, 0.1) is 29.3 Å². The molecule has 4 heterocycles. The molecule has 37 heavy (non-hydrogen) atoms. The predicted octanol–water partition coefficient (Wildman–Crippen LogP) is 4.08. The summed E-state index contributed by atoms with van der Waals surface area (Å²) < 4.78 is 34.7. The average molecular weight is 563 g/mol. The van der Waals surface area contributed by atoms with Crippen LogP contribution in [0.1, 0.15) is 31.7 Å². The van der Waals surface area contributed by atoms with Gasteiger partial charge in [0.1, 0.15) is 4.21 Å². The van der Waals surface area contributed by atoms with E-state index in [0.29, 0.717) is 35.3 Å². The number of ether oxygens (including phenoxy) is 1. The molecule has 2 aliphatic rings. The number of thiazole rings is 1. The number of carbonyl (C=O) groups excluding carboxylic acids is 1. The number of aryl methyl sites for hydroxylation is 1. The third-order valence-corrected chi connectivity index (χ3v) is 11.4. The van der Waals surface area contributed by atoms with Crippen molar-refractivity contribution in [2.75, 3.05) is 57.4 Å². The van der Waals surface area contributed by atoms with Crippen LogP contribution in [0.2, 0.25) is 0 Å². The number of aromatic nitrogens is 1. The van der Waals surface area contributed by atoms with Crippen LogP contribution in [0.25, 0.3) is 10.2 Å². The Morgan fingerprint density at radius 3 is 2.81 bits per heavy atom. The highest BCUT2D eigenvalue weighted by Crippen LogP contribution is 2.33. The van der Waals surface area contributed by atoms with Crippen molar-refractivity contribution in [3.8, 4) is 0 Å². The first kappa shape index (κ1) is 26.7. The largest absolute Gasteiger partial charge is 0.379 e. The van der Waals surface area contributed by atoms with Gasteiger partial charge < -0.3 is 4.74 Å². The summed E-state index contributed by atoms with van der Waals surface area (Å²) in [6.45, 7) is 7.55. The number of anilines is 1. The van der Waals surface area contributed by atoms with Crippen molar-refractivity contribution in [3.63, 3.8) is 0 Å². The fourth-order valence-corrected chi connectivity index (χ4v) is 8.72. The summed E-state index contributed by atoms with van der Waals surface area (Å²) in [6, 6.07) is 9.65. The monoisotopic (exact) mass is 562 g/mol. The summed E-state index contributed by atoms with van der Waals surface area (Å²) in [7, 11) is -3.59. The maximum Gasteiger partial charge on any atom is 0.252 e. The Hall–Kier alpha value is -1.89. The number of fused-ring (bicyclic) bond motifs is 1. The van der Waals surface area contributed by atoms with Gasteiger partial charge >= 0.3 is 0 Å². The molecule has 8 nitrogen and oxygen atoms in total. The number of thiophene rings is 1. The van der Waals surface area contributed by atoms with E-state index in [9.17, 15) is 13.2 Å². The summed E-state index contributed by atoms with van der Waals surface area (Å²) in [5.74, 6) is -0.409. The molecule has 2 fully saturated rings. The van der Waals surface area contributed by atoms with Gasteiger partial charge in [-0.05, 0) is 54.8 Å². The molecule has 0 saturated carbocycles. The molecule has 1 aromatic carbocycles. The Morgan fingerprint density at radius 2 is 2.05 bits per heavy atom. The molecule has 200 valence electrons. The van der Waals surface area contributed by atoms with Crippen molar-refractivity contribution < 1.29 is 17.9 Å². The molecule has 5 rings (SSSR count). The summed E-state index contributed by atoms with van der Waals surface area (Å²) >= 11 is 2.77. The fraction of sp³-hybridized carbons (Fsp3) is 0.538. The number of nitrogens with zero attached hydrogens (tertiary/aromatic N) is 4. The summed E-state index contributed by atoms with van der Waals surface area (Å²) in [6.07, 6.45) is 3.12.